The third-order valence-corrected chi connectivity index (χ3v) is 7.32. The lowest BCUT2D eigenvalue weighted by Gasteiger charge is -2.36. The number of nitrogens with zero attached hydrogens (tertiary/aromatic N) is 4. The summed E-state index contributed by atoms with van der Waals surface area (Å²) >= 11 is 1.46. The number of rotatable bonds is 6. The Kier molecular flexibility index (Phi) is 5.86. The van der Waals surface area contributed by atoms with Crippen LogP contribution in [0, 0.1) is 0 Å². The van der Waals surface area contributed by atoms with Gasteiger partial charge in [-0.3, -0.25) is 19.4 Å². The highest BCUT2D eigenvalue weighted by Gasteiger charge is 2.42. The second-order valence-corrected chi connectivity index (χ2v) is 9.27. The number of ether oxygens (including phenoxy) is 1. The second-order valence-electron chi connectivity index (χ2n) is 8.34. The second kappa shape index (κ2) is 8.96. The van der Waals surface area contributed by atoms with E-state index in [1.54, 1.807) is 19.4 Å². The van der Waals surface area contributed by atoms with E-state index in [1.165, 1.54) is 21.8 Å². The van der Waals surface area contributed by atoms with Gasteiger partial charge in [-0.2, -0.15) is 0 Å². The summed E-state index contributed by atoms with van der Waals surface area (Å²) < 4.78 is 5.34. The minimum absolute atomic E-state index is 0.230. The monoisotopic (exact) mass is 462 g/mol. The van der Waals surface area contributed by atoms with Gasteiger partial charge in [0.25, 0.3) is 11.8 Å². The van der Waals surface area contributed by atoms with Crippen LogP contribution in [-0.2, 0) is 6.54 Å². The van der Waals surface area contributed by atoms with Crippen molar-refractivity contribution in [3.05, 3.63) is 75.7 Å². The van der Waals surface area contributed by atoms with Crippen molar-refractivity contribution in [2.45, 2.75) is 19.5 Å². The molecule has 0 unspecified atom stereocenters. The van der Waals surface area contributed by atoms with E-state index in [0.29, 0.717) is 11.1 Å². The van der Waals surface area contributed by atoms with Gasteiger partial charge in [0.2, 0.25) is 0 Å². The molecule has 2 amide bonds. The number of imide groups is 1. The molecule has 2 aliphatic heterocycles. The molecule has 8 heteroatoms. The molecule has 0 bridgehead atoms. The Morgan fingerprint density at radius 2 is 1.85 bits per heavy atom. The molecule has 1 fully saturated rings. The Hall–Kier alpha value is -3.23. The maximum atomic E-state index is 13.4. The zero-order chi connectivity index (χ0) is 22.9. The molecule has 0 spiro atoms. The average molecular weight is 463 g/mol. The number of carbonyl (C=O) groups is 2. The number of hydrogen-bond acceptors (Lipinski definition) is 7. The van der Waals surface area contributed by atoms with E-state index < -0.39 is 0 Å². The first-order valence-corrected chi connectivity index (χ1v) is 12.0. The minimum atomic E-state index is -0.384. The van der Waals surface area contributed by atoms with Crippen molar-refractivity contribution in [3.63, 3.8) is 0 Å². The average Bonchev–Trinajstić information content (AvgIpc) is 3.47. The molecule has 1 aromatic heterocycles. The van der Waals surface area contributed by atoms with E-state index >= 15 is 0 Å². The van der Waals surface area contributed by atoms with E-state index in [0.717, 1.165) is 49.2 Å². The summed E-state index contributed by atoms with van der Waals surface area (Å²) in [6.07, 6.45) is 1.70. The van der Waals surface area contributed by atoms with Crippen molar-refractivity contribution in [2.24, 2.45) is 0 Å². The topological polar surface area (TPSA) is 66.0 Å². The molecule has 2 aromatic carbocycles. The van der Waals surface area contributed by atoms with Crippen LogP contribution >= 0.6 is 11.3 Å². The molecule has 3 heterocycles. The SMILES string of the molecule is COc1cccc(CN2CCN(c3cccc4c3C(=O)N([C@H](C)c3nccs3)C4=O)CC2)c1. The molecule has 1 saturated heterocycles. The highest BCUT2D eigenvalue weighted by Crippen LogP contribution is 2.37. The predicted molar refractivity (Wildman–Crippen MR) is 128 cm³/mol. The molecule has 0 saturated carbocycles. The van der Waals surface area contributed by atoms with Gasteiger partial charge in [0.1, 0.15) is 10.8 Å². The predicted octanol–water partition coefficient (Wildman–Crippen LogP) is 3.83. The molecule has 3 aromatic rings. The van der Waals surface area contributed by atoms with E-state index in [-0.39, 0.29) is 17.9 Å². The van der Waals surface area contributed by atoms with E-state index in [2.05, 4.69) is 26.9 Å². The number of hydrogen-bond donors (Lipinski definition) is 0. The Morgan fingerprint density at radius 3 is 2.58 bits per heavy atom. The summed E-state index contributed by atoms with van der Waals surface area (Å²) in [5.41, 5.74) is 3.07. The Balaban J connectivity index is 1.32. The molecule has 1 atom stereocenters. The lowest BCUT2D eigenvalue weighted by atomic mass is 10.1. The summed E-state index contributed by atoms with van der Waals surface area (Å²) in [7, 11) is 1.68. The lowest BCUT2D eigenvalue weighted by molar-refractivity contribution is 0.0595. The molecule has 0 aliphatic carbocycles. The van der Waals surface area contributed by atoms with Crippen LogP contribution in [0.1, 0.15) is 44.3 Å². The number of aromatic nitrogens is 1. The fourth-order valence-electron chi connectivity index (χ4n) is 4.63. The molecule has 0 N–H and O–H groups in total. The van der Waals surface area contributed by atoms with Crippen molar-refractivity contribution < 1.29 is 14.3 Å². The highest BCUT2D eigenvalue weighted by molar-refractivity contribution is 7.09. The van der Waals surface area contributed by atoms with Crippen molar-refractivity contribution in [1.29, 1.82) is 0 Å². The standard InChI is InChI=1S/C25H26N4O3S/c1-17(23-26-9-14-33-23)29-24(30)20-7-4-8-21(22(20)25(29)31)28-12-10-27(11-13-28)16-18-5-3-6-19(15-18)32-2/h3-9,14-15,17H,10-13,16H2,1-2H3/t17-/m1/s1. The number of methoxy groups -OCH3 is 1. The van der Waals surface area contributed by atoms with Gasteiger partial charge in [-0.05, 0) is 36.8 Å². The van der Waals surface area contributed by atoms with Gasteiger partial charge in [-0.25, -0.2) is 4.98 Å². The largest absolute Gasteiger partial charge is 0.497 e. The molecule has 33 heavy (non-hydrogen) atoms. The molecule has 5 rings (SSSR count). The first kappa shape index (κ1) is 21.6. The van der Waals surface area contributed by atoms with E-state index in [9.17, 15) is 9.59 Å². The molecular weight excluding hydrogens is 436 g/mol. The molecular formula is C25H26N4O3S. The zero-order valence-corrected chi connectivity index (χ0v) is 19.5. The summed E-state index contributed by atoms with van der Waals surface area (Å²) in [6, 6.07) is 13.4. The number of thiazole rings is 1. The van der Waals surface area contributed by atoms with Crippen LogP contribution in [0.3, 0.4) is 0 Å². The van der Waals surface area contributed by atoms with Gasteiger partial charge in [-0.15, -0.1) is 11.3 Å². The first-order valence-electron chi connectivity index (χ1n) is 11.1. The maximum Gasteiger partial charge on any atom is 0.264 e. The lowest BCUT2D eigenvalue weighted by Crippen LogP contribution is -2.46. The molecule has 170 valence electrons. The van der Waals surface area contributed by atoms with Gasteiger partial charge < -0.3 is 9.64 Å². The Labute approximate surface area is 197 Å². The van der Waals surface area contributed by atoms with Crippen LogP contribution in [0.2, 0.25) is 0 Å². The summed E-state index contributed by atoms with van der Waals surface area (Å²) in [5, 5.41) is 2.62. The van der Waals surface area contributed by atoms with Crippen LogP contribution in [0.4, 0.5) is 5.69 Å². The van der Waals surface area contributed by atoms with Gasteiger partial charge in [0.15, 0.2) is 0 Å². The zero-order valence-electron chi connectivity index (χ0n) is 18.7. The van der Waals surface area contributed by atoms with Crippen molar-refractivity contribution >= 4 is 28.8 Å². The quantitative estimate of drug-likeness (QED) is 0.519. The van der Waals surface area contributed by atoms with Gasteiger partial charge in [-0.1, -0.05) is 18.2 Å². The van der Waals surface area contributed by atoms with Crippen LogP contribution < -0.4 is 9.64 Å². The van der Waals surface area contributed by atoms with E-state index in [1.807, 2.05) is 36.6 Å². The van der Waals surface area contributed by atoms with Crippen molar-refractivity contribution in [2.75, 3.05) is 38.2 Å². The third-order valence-electron chi connectivity index (χ3n) is 6.37. The Morgan fingerprint density at radius 1 is 1.06 bits per heavy atom. The van der Waals surface area contributed by atoms with E-state index in [4.69, 9.17) is 4.74 Å². The molecule has 0 radical (unpaired) electrons. The van der Waals surface area contributed by atoms with Crippen molar-refractivity contribution in [1.82, 2.24) is 14.8 Å². The van der Waals surface area contributed by atoms with Crippen molar-refractivity contribution in [3.8, 4) is 5.75 Å². The third kappa shape index (κ3) is 4.00. The first-order chi connectivity index (χ1) is 16.1. The maximum absolute atomic E-state index is 13.4. The van der Waals surface area contributed by atoms with Crippen LogP contribution in [-0.4, -0.2) is 59.9 Å². The fourth-order valence-corrected chi connectivity index (χ4v) is 5.31. The summed E-state index contributed by atoms with van der Waals surface area (Å²) in [4.78, 5) is 36.8. The molecule has 7 nitrogen and oxygen atoms in total. The minimum Gasteiger partial charge on any atom is -0.497 e. The number of amides is 2. The number of benzene rings is 2. The van der Waals surface area contributed by atoms with Crippen LogP contribution in [0.15, 0.2) is 54.0 Å². The van der Waals surface area contributed by atoms with Gasteiger partial charge >= 0.3 is 0 Å². The summed E-state index contributed by atoms with van der Waals surface area (Å²) in [5.74, 6) is 0.397. The molecule has 2 aliphatic rings. The Bertz CT molecular complexity index is 1170. The van der Waals surface area contributed by atoms with Gasteiger partial charge in [0.05, 0.1) is 30.0 Å². The van der Waals surface area contributed by atoms with Gasteiger partial charge in [0, 0.05) is 44.3 Å². The summed E-state index contributed by atoms with van der Waals surface area (Å²) in [6.45, 7) is 6.06. The number of fused-ring (bicyclic) bond motifs is 1. The number of carbonyl (C=O) groups excluding carboxylic acids is 2. The number of anilines is 1. The van der Waals surface area contributed by atoms with Crippen LogP contribution in [0.25, 0.3) is 0 Å². The number of piperazine rings is 1. The fraction of sp³-hybridized carbons (Fsp3) is 0.320. The normalized spacial score (nSPS) is 17.4. The smallest absolute Gasteiger partial charge is 0.264 e. The highest BCUT2D eigenvalue weighted by atomic mass is 32.1. The van der Waals surface area contributed by atoms with Crippen LogP contribution in [0.5, 0.6) is 5.75 Å².